The van der Waals surface area contributed by atoms with Gasteiger partial charge in [0.15, 0.2) is 0 Å². The Labute approximate surface area is 127 Å². The van der Waals surface area contributed by atoms with Crippen molar-refractivity contribution in [1.29, 1.82) is 0 Å². The largest absolute Gasteiger partial charge is 0.444 e. The van der Waals surface area contributed by atoms with Crippen LogP contribution in [0.2, 0.25) is 0 Å². The van der Waals surface area contributed by atoms with Crippen LogP contribution in [0.4, 0.5) is 4.79 Å². The molecule has 4 nitrogen and oxygen atoms in total. The molecule has 1 spiro atoms. The predicted molar refractivity (Wildman–Crippen MR) is 80.4 cm³/mol. The standard InChI is InChI=1S/C15H19BrN2O2/c16-13-4-2-1-3-12(13)9-20-14(19)18-8-6-15(11-18)5-7-17-10-15/h1-4,17H,5-11H2. The maximum absolute atomic E-state index is 12.1. The maximum atomic E-state index is 12.1. The molecule has 108 valence electrons. The van der Waals surface area contributed by atoms with E-state index < -0.39 is 0 Å². The Hall–Kier alpha value is -1.07. The zero-order valence-corrected chi connectivity index (χ0v) is 13.0. The Morgan fingerprint density at radius 3 is 3.00 bits per heavy atom. The number of nitrogens with zero attached hydrogens (tertiary/aromatic N) is 1. The molecule has 1 atom stereocenters. The first kappa shape index (κ1) is 13.9. The second-order valence-corrected chi connectivity index (χ2v) is 6.60. The highest BCUT2D eigenvalue weighted by molar-refractivity contribution is 9.10. The van der Waals surface area contributed by atoms with Crippen molar-refractivity contribution in [3.8, 4) is 0 Å². The lowest BCUT2D eigenvalue weighted by Crippen LogP contribution is -2.33. The highest BCUT2D eigenvalue weighted by Crippen LogP contribution is 2.36. The quantitative estimate of drug-likeness (QED) is 0.901. The Bertz CT molecular complexity index is 500. The number of amides is 1. The highest BCUT2D eigenvalue weighted by atomic mass is 79.9. The van der Waals surface area contributed by atoms with Crippen LogP contribution < -0.4 is 5.32 Å². The molecule has 1 N–H and O–H groups in total. The topological polar surface area (TPSA) is 41.6 Å². The molecule has 2 heterocycles. The molecule has 1 aromatic carbocycles. The van der Waals surface area contributed by atoms with Gasteiger partial charge in [-0.05, 0) is 25.5 Å². The Morgan fingerprint density at radius 2 is 2.25 bits per heavy atom. The van der Waals surface area contributed by atoms with Gasteiger partial charge < -0.3 is 15.0 Å². The lowest BCUT2D eigenvalue weighted by Gasteiger charge is -2.22. The fourth-order valence-electron chi connectivity index (χ4n) is 3.08. The van der Waals surface area contributed by atoms with Crippen molar-refractivity contribution in [2.45, 2.75) is 19.4 Å². The van der Waals surface area contributed by atoms with E-state index in [9.17, 15) is 4.79 Å². The van der Waals surface area contributed by atoms with Gasteiger partial charge in [0.2, 0.25) is 0 Å². The van der Waals surface area contributed by atoms with Crippen molar-refractivity contribution >= 4 is 22.0 Å². The molecule has 2 saturated heterocycles. The molecule has 1 unspecified atom stereocenters. The molecular weight excluding hydrogens is 320 g/mol. The summed E-state index contributed by atoms with van der Waals surface area (Å²) >= 11 is 3.47. The second kappa shape index (κ2) is 5.74. The van der Waals surface area contributed by atoms with E-state index in [0.717, 1.165) is 42.6 Å². The summed E-state index contributed by atoms with van der Waals surface area (Å²) < 4.78 is 6.41. The molecule has 2 fully saturated rings. The molecule has 0 bridgehead atoms. The van der Waals surface area contributed by atoms with E-state index in [1.54, 1.807) is 0 Å². The molecule has 2 aliphatic heterocycles. The normalized spacial score (nSPS) is 25.4. The molecule has 2 aliphatic rings. The Morgan fingerprint density at radius 1 is 1.40 bits per heavy atom. The van der Waals surface area contributed by atoms with E-state index in [0.29, 0.717) is 12.0 Å². The number of nitrogens with one attached hydrogen (secondary N) is 1. The van der Waals surface area contributed by atoms with Crippen molar-refractivity contribution in [3.63, 3.8) is 0 Å². The third kappa shape index (κ3) is 2.83. The van der Waals surface area contributed by atoms with E-state index in [1.807, 2.05) is 29.2 Å². The van der Waals surface area contributed by atoms with Crippen molar-refractivity contribution < 1.29 is 9.53 Å². The lowest BCUT2D eigenvalue weighted by atomic mass is 9.87. The molecule has 20 heavy (non-hydrogen) atoms. The Kier molecular flexibility index (Phi) is 3.98. The smallest absolute Gasteiger partial charge is 0.410 e. The molecule has 0 saturated carbocycles. The van der Waals surface area contributed by atoms with Crippen LogP contribution in [0.25, 0.3) is 0 Å². The second-order valence-electron chi connectivity index (χ2n) is 5.74. The summed E-state index contributed by atoms with van der Waals surface area (Å²) in [6, 6.07) is 7.82. The predicted octanol–water partition coefficient (Wildman–Crippen LogP) is 2.77. The average molecular weight is 339 g/mol. The monoisotopic (exact) mass is 338 g/mol. The zero-order valence-electron chi connectivity index (χ0n) is 11.4. The van der Waals surface area contributed by atoms with Gasteiger partial charge in [-0.3, -0.25) is 0 Å². The van der Waals surface area contributed by atoms with E-state index in [1.165, 1.54) is 6.42 Å². The minimum atomic E-state index is -0.190. The summed E-state index contributed by atoms with van der Waals surface area (Å²) in [7, 11) is 0. The van der Waals surface area contributed by atoms with Gasteiger partial charge in [0.05, 0.1) is 0 Å². The number of halogens is 1. The summed E-state index contributed by atoms with van der Waals surface area (Å²) in [5.74, 6) is 0. The Balaban J connectivity index is 1.54. The summed E-state index contributed by atoms with van der Waals surface area (Å²) in [5.41, 5.74) is 1.30. The van der Waals surface area contributed by atoms with Crippen LogP contribution in [-0.4, -0.2) is 37.2 Å². The molecule has 1 amide bonds. The fraction of sp³-hybridized carbons (Fsp3) is 0.533. The van der Waals surface area contributed by atoms with Gasteiger partial charge >= 0.3 is 6.09 Å². The van der Waals surface area contributed by atoms with Crippen LogP contribution in [0.15, 0.2) is 28.7 Å². The van der Waals surface area contributed by atoms with Crippen molar-refractivity contribution in [3.05, 3.63) is 34.3 Å². The molecule has 0 aromatic heterocycles. The van der Waals surface area contributed by atoms with E-state index in [2.05, 4.69) is 21.2 Å². The molecular formula is C15H19BrN2O2. The van der Waals surface area contributed by atoms with Crippen LogP contribution in [0.1, 0.15) is 18.4 Å². The minimum Gasteiger partial charge on any atom is -0.444 e. The van der Waals surface area contributed by atoms with Gasteiger partial charge in [0, 0.05) is 35.1 Å². The number of carbonyl (C=O) groups excluding carboxylic acids is 1. The van der Waals surface area contributed by atoms with Crippen LogP contribution in [0.5, 0.6) is 0 Å². The van der Waals surface area contributed by atoms with Crippen LogP contribution in [0.3, 0.4) is 0 Å². The van der Waals surface area contributed by atoms with Gasteiger partial charge in [-0.2, -0.15) is 0 Å². The summed E-state index contributed by atoms with van der Waals surface area (Å²) in [4.78, 5) is 14.0. The van der Waals surface area contributed by atoms with Crippen LogP contribution in [0, 0.1) is 5.41 Å². The minimum absolute atomic E-state index is 0.190. The number of benzene rings is 1. The van der Waals surface area contributed by atoms with Crippen molar-refractivity contribution in [2.24, 2.45) is 5.41 Å². The first-order valence-corrected chi connectivity index (χ1v) is 7.84. The van der Waals surface area contributed by atoms with Crippen molar-refractivity contribution in [2.75, 3.05) is 26.2 Å². The summed E-state index contributed by atoms with van der Waals surface area (Å²) in [5, 5.41) is 3.39. The first-order chi connectivity index (χ1) is 9.69. The lowest BCUT2D eigenvalue weighted by molar-refractivity contribution is 0.100. The number of carbonyl (C=O) groups is 1. The molecule has 1 aromatic rings. The van der Waals surface area contributed by atoms with Crippen LogP contribution in [-0.2, 0) is 11.3 Å². The van der Waals surface area contributed by atoms with E-state index in [-0.39, 0.29) is 6.09 Å². The summed E-state index contributed by atoms with van der Waals surface area (Å²) in [6.45, 7) is 4.06. The third-order valence-corrected chi connectivity index (χ3v) is 5.11. The molecule has 0 aliphatic carbocycles. The van der Waals surface area contributed by atoms with Gasteiger partial charge in [-0.25, -0.2) is 4.79 Å². The first-order valence-electron chi connectivity index (χ1n) is 7.04. The van der Waals surface area contributed by atoms with Crippen molar-refractivity contribution in [1.82, 2.24) is 10.2 Å². The zero-order chi connectivity index (χ0) is 14.0. The van der Waals surface area contributed by atoms with Crippen LogP contribution >= 0.6 is 15.9 Å². The van der Waals surface area contributed by atoms with Gasteiger partial charge in [0.1, 0.15) is 6.61 Å². The fourth-order valence-corrected chi connectivity index (χ4v) is 3.48. The van der Waals surface area contributed by atoms with E-state index in [4.69, 9.17) is 4.74 Å². The molecule has 3 rings (SSSR count). The number of likely N-dealkylation sites (tertiary alicyclic amines) is 1. The average Bonchev–Trinajstić information content (AvgIpc) is 3.08. The van der Waals surface area contributed by atoms with Gasteiger partial charge in [-0.15, -0.1) is 0 Å². The number of hydrogen-bond donors (Lipinski definition) is 1. The third-order valence-electron chi connectivity index (χ3n) is 4.34. The maximum Gasteiger partial charge on any atom is 0.410 e. The number of rotatable bonds is 2. The van der Waals surface area contributed by atoms with Gasteiger partial charge in [-0.1, -0.05) is 34.1 Å². The number of ether oxygens (including phenoxy) is 1. The van der Waals surface area contributed by atoms with Gasteiger partial charge in [0.25, 0.3) is 0 Å². The van der Waals surface area contributed by atoms with E-state index >= 15 is 0 Å². The SMILES string of the molecule is O=C(OCc1ccccc1Br)N1CCC2(CCNC2)C1. The molecule has 0 radical (unpaired) electrons. The highest BCUT2D eigenvalue weighted by Gasteiger charge is 2.42. The number of hydrogen-bond acceptors (Lipinski definition) is 3. The molecule has 5 heteroatoms. The summed E-state index contributed by atoms with van der Waals surface area (Å²) in [6.07, 6.45) is 2.06.